The molecule has 0 aliphatic carbocycles. The Morgan fingerprint density at radius 2 is 0.817 bits per heavy atom. The van der Waals surface area contributed by atoms with E-state index in [0.717, 1.165) is 93.7 Å². The molecule has 5 saturated heterocycles. The summed E-state index contributed by atoms with van der Waals surface area (Å²) < 4.78 is 20.2. The highest BCUT2D eigenvalue weighted by molar-refractivity contribution is 7.59. The third-order valence-corrected chi connectivity index (χ3v) is 20.0. The first-order valence-electron chi connectivity index (χ1n) is 33.7. The molecule has 109 heavy (non-hydrogen) atoms. The molecule has 0 amide bonds. The van der Waals surface area contributed by atoms with Crippen LogP contribution in [0.3, 0.4) is 0 Å². The SMILES string of the molecule is C1CCOCC1.Cl.Clc1nc(Cl)c2[nH]cnc2n1.O=c1c2c(Cl)ccn2nc([C@@H]2CCN2)n1-c1ccccc1.O=c1c2c(Cl)ccn2nc([C@@H]2CCN2c2nc(Cl)nc3nc[nH]c23)n1-c1ccccc1.O=c1c2c(Cl)ccn2nc([C@@H]2CCN2c2nc(N3CCOCC3)nc3nc[nH]c23)n1-c1ccccc1.S.S.S. The van der Waals surface area contributed by atoms with Crippen LogP contribution in [0, 0.1) is 0 Å². The second-order valence-corrected chi connectivity index (χ2v) is 26.9. The lowest BCUT2D eigenvalue weighted by molar-refractivity contribution is 0.0968. The maximum absolute atomic E-state index is 13.7. The summed E-state index contributed by atoms with van der Waals surface area (Å²) in [6.45, 7) is 7.14. The predicted octanol–water partition coefficient (Wildman–Crippen LogP) is 11.8. The molecule has 3 atom stereocenters. The molecule has 4 N–H and O–H groups in total. The molecule has 5 fully saturated rings. The van der Waals surface area contributed by atoms with Crippen molar-refractivity contribution in [3.63, 3.8) is 0 Å². The number of nitrogens with one attached hydrogen (secondary N) is 4. The van der Waals surface area contributed by atoms with Gasteiger partial charge >= 0.3 is 0 Å². The zero-order chi connectivity index (χ0) is 71.8. The number of H-pyrrole nitrogens is 3. The maximum atomic E-state index is 13.7. The summed E-state index contributed by atoms with van der Waals surface area (Å²) in [5.74, 6) is 3.93. The van der Waals surface area contributed by atoms with Crippen LogP contribution in [0.1, 0.15) is 74.1 Å². The molecule has 0 saturated carbocycles. The van der Waals surface area contributed by atoms with Gasteiger partial charge in [-0.1, -0.05) is 101 Å². The van der Waals surface area contributed by atoms with Gasteiger partial charge in [0.15, 0.2) is 51.2 Å². The summed E-state index contributed by atoms with van der Waals surface area (Å²) in [4.78, 5) is 93.7. The third-order valence-electron chi connectivity index (χ3n) is 18.4. The highest BCUT2D eigenvalue weighted by Gasteiger charge is 2.39. The van der Waals surface area contributed by atoms with Crippen molar-refractivity contribution in [2.24, 2.45) is 0 Å². The second-order valence-electron chi connectivity index (χ2n) is 24.7. The first-order chi connectivity index (χ1) is 51.3. The number of benzene rings is 3. The molecule has 12 aromatic heterocycles. The minimum atomic E-state index is -0.231. The summed E-state index contributed by atoms with van der Waals surface area (Å²) >= 11 is 36.1. The quantitative estimate of drug-likeness (QED) is 0.0770. The number of aromatic nitrogens is 21. The smallest absolute Gasteiger partial charge is 0.284 e. The minimum absolute atomic E-state index is 0. The molecule has 30 nitrogen and oxygen atoms in total. The van der Waals surface area contributed by atoms with Crippen LogP contribution in [0.4, 0.5) is 17.6 Å². The standard InChI is InChI=1S/C24H22ClN9O2.C20H14Cl2N8O.C15H13ClN4O.C5H2Cl2N4.C5H10O.ClH.3H2S/c25-16-6-9-33-19(16)23(35)34(15-4-2-1-3-5-15)21(30-33)17-7-8-32(17)22-18-20(27-14-26-18)28-24(29-22)31-10-12-36-13-11-31;21-12-6-9-29-15(12)19(31)30(11-4-2-1-3-5-11)17(27-29)13-7-8-28(13)18-14-16(24-10-23-14)25-20(22)26-18;16-11-7-9-19-13(11)15(21)20(10-4-2-1-3-5-10)14(18-19)12-6-8-17-12;6-3-2-4(9-1-8-2)11-5(7)10-3;1-2-4-6-5-3-1;;;;/h1-6,9,14,17H,7-8,10-13H2,(H,26,27,28,29);1-6,9-10,13H,7-8H2,(H,23,24,25,26);1-5,7,9,12,17H,6,8H2;1H,(H,8,9,10,11);1-5H2;1H;3*1H2/t17-;13-;12-;;;;;;/m000....../s1. The molecule has 3 aromatic carbocycles. The molecule has 0 radical (unpaired) electrons. The number of anilines is 3. The van der Waals surface area contributed by atoms with Gasteiger partial charge in [-0.25, -0.2) is 33.5 Å². The van der Waals surface area contributed by atoms with Crippen molar-refractivity contribution in [1.29, 1.82) is 0 Å². The van der Waals surface area contributed by atoms with E-state index in [4.69, 9.17) is 94.3 Å². The molecule has 5 aliphatic heterocycles. The van der Waals surface area contributed by atoms with Crippen LogP contribution < -0.4 is 36.7 Å². The van der Waals surface area contributed by atoms with E-state index in [2.05, 4.69) is 75.0 Å². The average molecular weight is 1670 g/mol. The van der Waals surface area contributed by atoms with Crippen molar-refractivity contribution in [2.75, 3.05) is 73.9 Å². The van der Waals surface area contributed by atoms with Gasteiger partial charge in [-0.2, -0.15) is 80.7 Å². The topological polar surface area (TPSA) is 321 Å². The Hall–Kier alpha value is -9.07. The van der Waals surface area contributed by atoms with Crippen LogP contribution in [0.15, 0.2) is 161 Å². The van der Waals surface area contributed by atoms with E-state index in [9.17, 15) is 14.4 Å². The maximum Gasteiger partial charge on any atom is 0.284 e. The van der Waals surface area contributed by atoms with E-state index < -0.39 is 0 Å². The fourth-order valence-electron chi connectivity index (χ4n) is 13.0. The second kappa shape index (κ2) is 34.9. The van der Waals surface area contributed by atoms with E-state index in [1.807, 2.05) is 95.9 Å². The Morgan fingerprint density at radius 1 is 0.422 bits per heavy atom. The van der Waals surface area contributed by atoms with Gasteiger partial charge in [0.05, 0.1) is 82.5 Å². The van der Waals surface area contributed by atoms with Crippen LogP contribution in [0.5, 0.6) is 0 Å². The Morgan fingerprint density at radius 3 is 1.22 bits per heavy atom. The van der Waals surface area contributed by atoms with Crippen LogP contribution in [0.2, 0.25) is 30.8 Å². The fourth-order valence-corrected chi connectivity index (χ4v) is 14.2. The molecular formula is C69H68Cl7N25O5S3. The Bertz CT molecular complexity index is 5860. The number of rotatable bonds is 9. The van der Waals surface area contributed by atoms with E-state index in [-0.39, 0.29) is 103 Å². The number of halogens is 7. The van der Waals surface area contributed by atoms with Crippen LogP contribution >= 0.6 is 122 Å². The minimum Gasteiger partial charge on any atom is -0.381 e. The molecule has 15 aromatic rings. The van der Waals surface area contributed by atoms with E-state index in [1.165, 1.54) is 30.1 Å². The summed E-state index contributed by atoms with van der Waals surface area (Å²) in [6.07, 6.45) is 16.3. The normalized spacial score (nSPS) is 16.5. The number of aromatic amines is 3. The summed E-state index contributed by atoms with van der Waals surface area (Å²) in [6, 6.07) is 33.3. The van der Waals surface area contributed by atoms with E-state index >= 15 is 0 Å². The van der Waals surface area contributed by atoms with Crippen LogP contribution in [0.25, 0.3) is 67.1 Å². The molecule has 20 rings (SSSR count). The van der Waals surface area contributed by atoms with Gasteiger partial charge in [0.1, 0.15) is 33.1 Å². The average Bonchev–Trinajstić information content (AvgIpc) is 1.73. The number of hydrogen-bond donors (Lipinski definition) is 4. The third kappa shape index (κ3) is 15.9. The van der Waals surface area contributed by atoms with Crippen molar-refractivity contribution < 1.29 is 9.47 Å². The number of para-hydroxylation sites is 3. The van der Waals surface area contributed by atoms with Gasteiger partial charge in [-0.3, -0.25) is 28.1 Å². The number of ether oxygens (including phenoxy) is 2. The largest absolute Gasteiger partial charge is 0.381 e. The summed E-state index contributed by atoms with van der Waals surface area (Å²) in [5, 5.41) is 19.2. The van der Waals surface area contributed by atoms with Gasteiger partial charge in [0.25, 0.3) is 16.7 Å². The van der Waals surface area contributed by atoms with Gasteiger partial charge < -0.3 is 44.4 Å². The highest BCUT2D eigenvalue weighted by atomic mass is 35.5. The molecule has 0 spiro atoms. The first-order valence-corrected chi connectivity index (χ1v) is 35.9. The fraction of sp³-hybridized carbons (Fsp3) is 0.261. The van der Waals surface area contributed by atoms with Crippen LogP contribution in [-0.4, -0.2) is 162 Å². The Balaban J connectivity index is 0.000000138. The lowest BCUT2D eigenvalue weighted by Gasteiger charge is -2.42. The highest BCUT2D eigenvalue weighted by Crippen LogP contribution is 2.41. The number of fused-ring (bicyclic) bond motifs is 6. The monoisotopic (exact) mass is 1670 g/mol. The number of imidazole rings is 3. The molecular weight excluding hydrogens is 1600 g/mol. The molecule has 0 bridgehead atoms. The predicted molar refractivity (Wildman–Crippen MR) is 438 cm³/mol. The number of morpholine rings is 1. The Kier molecular flexibility index (Phi) is 25.4. The number of nitrogens with zero attached hydrogens (tertiary/aromatic N) is 21. The van der Waals surface area contributed by atoms with Crippen molar-refractivity contribution in [3.8, 4) is 17.1 Å². The zero-order valence-electron chi connectivity index (χ0n) is 57.3. The van der Waals surface area contributed by atoms with Crippen molar-refractivity contribution >= 4 is 190 Å². The van der Waals surface area contributed by atoms with Gasteiger partial charge in [-0.15, -0.1) is 12.4 Å². The van der Waals surface area contributed by atoms with Crippen molar-refractivity contribution in [1.82, 2.24) is 108 Å². The van der Waals surface area contributed by atoms with Crippen molar-refractivity contribution in [3.05, 3.63) is 226 Å². The van der Waals surface area contributed by atoms with Gasteiger partial charge in [0.2, 0.25) is 16.5 Å². The Labute approximate surface area is 675 Å². The molecule has 0 unspecified atom stereocenters. The lowest BCUT2D eigenvalue weighted by Crippen LogP contribution is -2.45. The lowest BCUT2D eigenvalue weighted by atomic mass is 10.0. The van der Waals surface area contributed by atoms with Gasteiger partial charge in [0, 0.05) is 58.0 Å². The molecule has 566 valence electrons. The number of hydrogen-bond acceptors (Lipinski definition) is 21. The van der Waals surface area contributed by atoms with Crippen LogP contribution in [-0.2, 0) is 9.47 Å². The van der Waals surface area contributed by atoms with E-state index in [1.54, 1.807) is 72.2 Å². The first kappa shape index (κ1) is 79.5. The summed E-state index contributed by atoms with van der Waals surface area (Å²) in [5.41, 5.74) is 6.39. The molecule has 40 heteroatoms. The molecule has 17 heterocycles. The van der Waals surface area contributed by atoms with Gasteiger partial charge in [-0.05, 0) is 123 Å². The van der Waals surface area contributed by atoms with E-state index in [0.29, 0.717) is 102 Å². The molecule has 5 aliphatic rings. The van der Waals surface area contributed by atoms with Crippen molar-refractivity contribution in [2.45, 2.75) is 56.7 Å². The zero-order valence-corrected chi connectivity index (χ0v) is 65.7. The summed E-state index contributed by atoms with van der Waals surface area (Å²) in [7, 11) is 0.